The monoisotopic (exact) mass is 237 g/mol. The van der Waals surface area contributed by atoms with E-state index in [0.29, 0.717) is 6.04 Å². The van der Waals surface area contributed by atoms with Crippen molar-refractivity contribution in [1.29, 1.82) is 0 Å². The fourth-order valence-corrected chi connectivity index (χ4v) is 2.39. The van der Waals surface area contributed by atoms with Crippen molar-refractivity contribution >= 4 is 5.96 Å². The summed E-state index contributed by atoms with van der Waals surface area (Å²) in [5.74, 6) is 1.80. The molecule has 0 radical (unpaired) electrons. The number of nitrogens with one attached hydrogen (secondary N) is 2. The van der Waals surface area contributed by atoms with Gasteiger partial charge < -0.3 is 10.6 Å². The van der Waals surface area contributed by atoms with Crippen molar-refractivity contribution < 1.29 is 0 Å². The van der Waals surface area contributed by atoms with Gasteiger partial charge in [0, 0.05) is 19.6 Å². The van der Waals surface area contributed by atoms with Gasteiger partial charge in [-0.15, -0.1) is 0 Å². The fourth-order valence-electron chi connectivity index (χ4n) is 2.39. The van der Waals surface area contributed by atoms with Gasteiger partial charge in [0.05, 0.1) is 0 Å². The number of hydrogen-bond donors (Lipinski definition) is 2. The Morgan fingerprint density at radius 1 is 1.41 bits per heavy atom. The lowest BCUT2D eigenvalue weighted by Crippen LogP contribution is -2.45. The van der Waals surface area contributed by atoms with E-state index in [0.717, 1.165) is 24.8 Å². The molecular formula is C14H27N3. The standard InChI is InChI=1S/C14H27N3/c1-4-5-6-10-16-14(15-3)17-13-9-7-8-12(2)11-13/h4-5,12-13H,6-11H2,1-3H3,(H2,15,16,17). The molecule has 2 unspecified atom stereocenters. The summed E-state index contributed by atoms with van der Waals surface area (Å²) in [6, 6.07) is 0.603. The number of nitrogens with zero attached hydrogens (tertiary/aromatic N) is 1. The molecule has 0 aromatic carbocycles. The van der Waals surface area contributed by atoms with E-state index in [2.05, 4.69) is 41.6 Å². The molecule has 3 heteroatoms. The van der Waals surface area contributed by atoms with E-state index in [9.17, 15) is 0 Å². The molecule has 0 aliphatic heterocycles. The third-order valence-electron chi connectivity index (χ3n) is 3.34. The molecule has 1 fully saturated rings. The first-order valence-corrected chi connectivity index (χ1v) is 6.84. The van der Waals surface area contributed by atoms with Crippen LogP contribution >= 0.6 is 0 Å². The Morgan fingerprint density at radius 3 is 2.88 bits per heavy atom. The molecule has 2 atom stereocenters. The fraction of sp³-hybridized carbons (Fsp3) is 0.786. The first-order valence-electron chi connectivity index (χ1n) is 6.84. The average Bonchev–Trinajstić information content (AvgIpc) is 2.33. The minimum atomic E-state index is 0.603. The van der Waals surface area contributed by atoms with Crippen LogP contribution in [-0.2, 0) is 0 Å². The second-order valence-electron chi connectivity index (χ2n) is 4.97. The third kappa shape index (κ3) is 5.76. The van der Waals surface area contributed by atoms with Crippen molar-refractivity contribution in [1.82, 2.24) is 10.6 Å². The molecule has 1 aliphatic rings. The smallest absolute Gasteiger partial charge is 0.191 e. The van der Waals surface area contributed by atoms with Gasteiger partial charge in [-0.05, 0) is 32.1 Å². The van der Waals surface area contributed by atoms with Crippen LogP contribution in [0.25, 0.3) is 0 Å². The van der Waals surface area contributed by atoms with Gasteiger partial charge in [-0.2, -0.15) is 0 Å². The van der Waals surface area contributed by atoms with E-state index in [4.69, 9.17) is 0 Å². The Morgan fingerprint density at radius 2 is 2.24 bits per heavy atom. The van der Waals surface area contributed by atoms with Gasteiger partial charge in [0.15, 0.2) is 5.96 Å². The van der Waals surface area contributed by atoms with Crippen LogP contribution in [0.3, 0.4) is 0 Å². The summed E-state index contributed by atoms with van der Waals surface area (Å²) in [4.78, 5) is 4.28. The lowest BCUT2D eigenvalue weighted by atomic mass is 9.87. The second kappa shape index (κ2) is 8.15. The molecule has 98 valence electrons. The zero-order chi connectivity index (χ0) is 12.5. The van der Waals surface area contributed by atoms with E-state index in [-0.39, 0.29) is 0 Å². The predicted molar refractivity (Wildman–Crippen MR) is 75.3 cm³/mol. The molecule has 2 N–H and O–H groups in total. The molecule has 0 bridgehead atoms. The van der Waals surface area contributed by atoms with Crippen LogP contribution in [-0.4, -0.2) is 25.6 Å². The first-order chi connectivity index (χ1) is 8.26. The van der Waals surface area contributed by atoms with E-state index < -0.39 is 0 Å². The highest BCUT2D eigenvalue weighted by Gasteiger charge is 2.19. The average molecular weight is 237 g/mol. The summed E-state index contributed by atoms with van der Waals surface area (Å²) in [7, 11) is 1.84. The van der Waals surface area contributed by atoms with Gasteiger partial charge in [0.1, 0.15) is 0 Å². The summed E-state index contributed by atoms with van der Waals surface area (Å²) in [5.41, 5.74) is 0. The lowest BCUT2D eigenvalue weighted by Gasteiger charge is -2.28. The quantitative estimate of drug-likeness (QED) is 0.341. The SMILES string of the molecule is CC=CCCNC(=NC)NC1CCCC(C)C1. The molecule has 3 nitrogen and oxygen atoms in total. The summed E-state index contributed by atoms with van der Waals surface area (Å²) in [5, 5.41) is 6.88. The maximum Gasteiger partial charge on any atom is 0.191 e. The maximum absolute atomic E-state index is 4.28. The number of rotatable bonds is 4. The third-order valence-corrected chi connectivity index (χ3v) is 3.34. The topological polar surface area (TPSA) is 36.4 Å². The predicted octanol–water partition coefficient (Wildman–Crippen LogP) is 2.70. The Bertz CT molecular complexity index is 258. The number of guanidine groups is 1. The van der Waals surface area contributed by atoms with Gasteiger partial charge in [-0.3, -0.25) is 4.99 Å². The molecule has 0 spiro atoms. The number of allylic oxidation sites excluding steroid dienone is 1. The van der Waals surface area contributed by atoms with Crippen molar-refractivity contribution in [3.63, 3.8) is 0 Å². The van der Waals surface area contributed by atoms with Crippen LogP contribution in [0, 0.1) is 5.92 Å². The highest BCUT2D eigenvalue weighted by Crippen LogP contribution is 2.23. The molecule has 1 rings (SSSR count). The Hall–Kier alpha value is -0.990. The van der Waals surface area contributed by atoms with E-state index in [1.54, 1.807) is 0 Å². The molecule has 0 aromatic rings. The molecule has 1 saturated carbocycles. The Labute approximate surface area is 106 Å². The highest BCUT2D eigenvalue weighted by atomic mass is 15.2. The summed E-state index contributed by atoms with van der Waals surface area (Å²) in [6.07, 6.45) is 10.6. The summed E-state index contributed by atoms with van der Waals surface area (Å²) < 4.78 is 0. The Balaban J connectivity index is 2.26. The van der Waals surface area contributed by atoms with Crippen molar-refractivity contribution in [2.24, 2.45) is 10.9 Å². The van der Waals surface area contributed by atoms with E-state index in [1.165, 1.54) is 25.7 Å². The van der Waals surface area contributed by atoms with Crippen molar-refractivity contribution in [3.05, 3.63) is 12.2 Å². The van der Waals surface area contributed by atoms with Crippen LogP contribution in [0.2, 0.25) is 0 Å². The first kappa shape index (κ1) is 14.1. The molecule has 0 aromatic heterocycles. The molecule has 1 aliphatic carbocycles. The van der Waals surface area contributed by atoms with Gasteiger partial charge in [-0.1, -0.05) is 31.9 Å². The van der Waals surface area contributed by atoms with Gasteiger partial charge in [0.25, 0.3) is 0 Å². The zero-order valence-electron chi connectivity index (χ0n) is 11.5. The molecule has 0 saturated heterocycles. The van der Waals surface area contributed by atoms with Crippen LogP contribution in [0.1, 0.15) is 46.0 Å². The van der Waals surface area contributed by atoms with Gasteiger partial charge in [-0.25, -0.2) is 0 Å². The van der Waals surface area contributed by atoms with E-state index in [1.807, 2.05) is 7.05 Å². The number of hydrogen-bond acceptors (Lipinski definition) is 1. The second-order valence-corrected chi connectivity index (χ2v) is 4.97. The normalized spacial score (nSPS) is 26.2. The molecule has 0 heterocycles. The zero-order valence-corrected chi connectivity index (χ0v) is 11.5. The minimum absolute atomic E-state index is 0.603. The minimum Gasteiger partial charge on any atom is -0.356 e. The van der Waals surface area contributed by atoms with Crippen LogP contribution in [0.15, 0.2) is 17.1 Å². The van der Waals surface area contributed by atoms with Crippen LogP contribution in [0.5, 0.6) is 0 Å². The van der Waals surface area contributed by atoms with Gasteiger partial charge in [0.2, 0.25) is 0 Å². The van der Waals surface area contributed by atoms with Crippen LogP contribution < -0.4 is 10.6 Å². The number of aliphatic imine (C=N–C) groups is 1. The highest BCUT2D eigenvalue weighted by molar-refractivity contribution is 5.79. The largest absolute Gasteiger partial charge is 0.356 e. The summed E-state index contributed by atoms with van der Waals surface area (Å²) in [6.45, 7) is 5.35. The van der Waals surface area contributed by atoms with Crippen molar-refractivity contribution in [3.8, 4) is 0 Å². The summed E-state index contributed by atoms with van der Waals surface area (Å²) >= 11 is 0. The maximum atomic E-state index is 4.28. The molecular weight excluding hydrogens is 210 g/mol. The molecule has 0 amide bonds. The van der Waals surface area contributed by atoms with Crippen molar-refractivity contribution in [2.45, 2.75) is 52.0 Å². The van der Waals surface area contributed by atoms with Crippen LogP contribution in [0.4, 0.5) is 0 Å². The Kier molecular flexibility index (Phi) is 6.75. The van der Waals surface area contributed by atoms with Gasteiger partial charge >= 0.3 is 0 Å². The lowest BCUT2D eigenvalue weighted by molar-refractivity contribution is 0.324. The van der Waals surface area contributed by atoms with E-state index >= 15 is 0 Å². The van der Waals surface area contributed by atoms with Crippen molar-refractivity contribution in [2.75, 3.05) is 13.6 Å². The molecule has 17 heavy (non-hydrogen) atoms.